The normalized spacial score (nSPS) is 15.3. The Hall–Kier alpha value is -2.74. The Labute approximate surface area is 178 Å². The van der Waals surface area contributed by atoms with Crippen molar-refractivity contribution in [1.29, 1.82) is 0 Å². The van der Waals surface area contributed by atoms with Gasteiger partial charge in [0.15, 0.2) is 5.96 Å². The lowest BCUT2D eigenvalue weighted by molar-refractivity contribution is 0.254. The van der Waals surface area contributed by atoms with Crippen LogP contribution in [0.3, 0.4) is 0 Å². The van der Waals surface area contributed by atoms with Gasteiger partial charge in [-0.25, -0.2) is 14.4 Å². The van der Waals surface area contributed by atoms with Gasteiger partial charge in [0.2, 0.25) is 5.95 Å². The maximum Gasteiger partial charge on any atom is 0.225 e. The number of piperazine rings is 1. The SMILES string of the molecule is CN=C(NCCCN1CCN(c2ncccn2)CC1)NCCc1ccc(F)cc1C. The molecule has 0 unspecified atom stereocenters. The van der Waals surface area contributed by atoms with E-state index in [4.69, 9.17) is 0 Å². The van der Waals surface area contributed by atoms with Gasteiger partial charge in [-0.05, 0) is 55.6 Å². The Kier molecular flexibility index (Phi) is 8.38. The zero-order chi connectivity index (χ0) is 21.2. The summed E-state index contributed by atoms with van der Waals surface area (Å²) in [6.45, 7) is 8.62. The van der Waals surface area contributed by atoms with Crippen LogP contribution in [0.25, 0.3) is 0 Å². The molecule has 2 heterocycles. The van der Waals surface area contributed by atoms with Crippen molar-refractivity contribution < 1.29 is 4.39 Å². The number of guanidine groups is 1. The van der Waals surface area contributed by atoms with Gasteiger partial charge in [-0.1, -0.05) is 6.07 Å². The minimum Gasteiger partial charge on any atom is -0.356 e. The molecule has 7 nitrogen and oxygen atoms in total. The first-order chi connectivity index (χ1) is 14.7. The fourth-order valence-corrected chi connectivity index (χ4v) is 3.61. The molecule has 0 aliphatic carbocycles. The van der Waals surface area contributed by atoms with Crippen molar-refractivity contribution in [3.8, 4) is 0 Å². The zero-order valence-corrected chi connectivity index (χ0v) is 17.9. The Morgan fingerprint density at radius 1 is 1.10 bits per heavy atom. The van der Waals surface area contributed by atoms with Gasteiger partial charge in [0.05, 0.1) is 0 Å². The first kappa shape index (κ1) is 22.0. The second-order valence-corrected chi connectivity index (χ2v) is 7.48. The molecule has 162 valence electrons. The molecule has 0 atom stereocenters. The number of rotatable bonds is 8. The maximum absolute atomic E-state index is 13.2. The van der Waals surface area contributed by atoms with Crippen LogP contribution < -0.4 is 15.5 Å². The van der Waals surface area contributed by atoms with Gasteiger partial charge >= 0.3 is 0 Å². The van der Waals surface area contributed by atoms with E-state index in [0.29, 0.717) is 0 Å². The fourth-order valence-electron chi connectivity index (χ4n) is 3.61. The molecule has 1 saturated heterocycles. The number of anilines is 1. The molecule has 0 amide bonds. The van der Waals surface area contributed by atoms with Gasteiger partial charge in [-0.15, -0.1) is 0 Å². The van der Waals surface area contributed by atoms with Crippen molar-refractivity contribution in [2.24, 2.45) is 4.99 Å². The van der Waals surface area contributed by atoms with Crippen LogP contribution in [0, 0.1) is 12.7 Å². The molecule has 1 aromatic carbocycles. The van der Waals surface area contributed by atoms with Gasteiger partial charge < -0.3 is 15.5 Å². The van der Waals surface area contributed by atoms with E-state index >= 15 is 0 Å². The molecule has 1 aromatic heterocycles. The second kappa shape index (κ2) is 11.4. The topological polar surface area (TPSA) is 68.7 Å². The first-order valence-electron chi connectivity index (χ1n) is 10.6. The molecule has 2 aromatic rings. The highest BCUT2D eigenvalue weighted by atomic mass is 19.1. The molecule has 0 saturated carbocycles. The van der Waals surface area contributed by atoms with Gasteiger partial charge in [0.25, 0.3) is 0 Å². The lowest BCUT2D eigenvalue weighted by Gasteiger charge is -2.34. The number of hydrogen-bond acceptors (Lipinski definition) is 5. The molecule has 1 fully saturated rings. The largest absolute Gasteiger partial charge is 0.356 e. The number of aryl methyl sites for hydroxylation is 1. The highest BCUT2D eigenvalue weighted by Crippen LogP contribution is 2.11. The third-order valence-electron chi connectivity index (χ3n) is 5.37. The van der Waals surface area contributed by atoms with Crippen molar-refractivity contribution in [2.75, 3.05) is 57.8 Å². The minimum atomic E-state index is -0.184. The quantitative estimate of drug-likeness (QED) is 0.391. The fraction of sp³-hybridized carbons (Fsp3) is 0.500. The summed E-state index contributed by atoms with van der Waals surface area (Å²) in [5.41, 5.74) is 2.14. The lowest BCUT2D eigenvalue weighted by atomic mass is 10.1. The Morgan fingerprint density at radius 2 is 1.83 bits per heavy atom. The number of hydrogen-bond donors (Lipinski definition) is 2. The third kappa shape index (κ3) is 6.66. The van der Waals surface area contributed by atoms with E-state index in [0.717, 1.165) is 81.7 Å². The van der Waals surface area contributed by atoms with Crippen molar-refractivity contribution in [2.45, 2.75) is 19.8 Å². The molecule has 0 spiro atoms. The molecule has 0 radical (unpaired) electrons. The average molecular weight is 414 g/mol. The average Bonchev–Trinajstić information content (AvgIpc) is 2.78. The molecule has 1 aliphatic rings. The van der Waals surface area contributed by atoms with Crippen LogP contribution in [0.2, 0.25) is 0 Å². The lowest BCUT2D eigenvalue weighted by Crippen LogP contribution is -2.47. The molecule has 2 N–H and O–H groups in total. The summed E-state index contributed by atoms with van der Waals surface area (Å²) in [5, 5.41) is 6.71. The minimum absolute atomic E-state index is 0.184. The Bertz CT molecular complexity index is 804. The summed E-state index contributed by atoms with van der Waals surface area (Å²) >= 11 is 0. The highest BCUT2D eigenvalue weighted by molar-refractivity contribution is 5.79. The molecule has 3 rings (SSSR count). The molecule has 1 aliphatic heterocycles. The molecule has 0 bridgehead atoms. The van der Waals surface area contributed by atoms with Gasteiger partial charge in [0, 0.05) is 58.7 Å². The molecule has 30 heavy (non-hydrogen) atoms. The van der Waals surface area contributed by atoms with E-state index in [2.05, 4.69) is 35.4 Å². The van der Waals surface area contributed by atoms with E-state index < -0.39 is 0 Å². The smallest absolute Gasteiger partial charge is 0.225 e. The zero-order valence-electron chi connectivity index (χ0n) is 17.9. The van der Waals surface area contributed by atoms with E-state index in [9.17, 15) is 4.39 Å². The van der Waals surface area contributed by atoms with Crippen molar-refractivity contribution in [3.05, 3.63) is 53.6 Å². The summed E-state index contributed by atoms with van der Waals surface area (Å²) in [4.78, 5) is 17.7. The third-order valence-corrected chi connectivity index (χ3v) is 5.37. The van der Waals surface area contributed by atoms with Crippen molar-refractivity contribution >= 4 is 11.9 Å². The van der Waals surface area contributed by atoms with Crippen LogP contribution in [0.15, 0.2) is 41.7 Å². The maximum atomic E-state index is 13.2. The van der Waals surface area contributed by atoms with E-state index in [1.165, 1.54) is 6.07 Å². The number of nitrogens with zero attached hydrogens (tertiary/aromatic N) is 5. The van der Waals surface area contributed by atoms with Crippen LogP contribution in [0.4, 0.5) is 10.3 Å². The summed E-state index contributed by atoms with van der Waals surface area (Å²) in [5.74, 6) is 1.45. The predicted molar refractivity (Wildman–Crippen MR) is 120 cm³/mol. The summed E-state index contributed by atoms with van der Waals surface area (Å²) < 4.78 is 13.2. The Morgan fingerprint density at radius 3 is 2.53 bits per heavy atom. The van der Waals surface area contributed by atoms with Crippen LogP contribution >= 0.6 is 0 Å². The van der Waals surface area contributed by atoms with E-state index in [1.807, 2.05) is 19.1 Å². The van der Waals surface area contributed by atoms with Crippen LogP contribution in [0.1, 0.15) is 17.5 Å². The number of nitrogens with one attached hydrogen (secondary N) is 2. The Balaban J connectivity index is 1.29. The van der Waals surface area contributed by atoms with Crippen LogP contribution in [-0.2, 0) is 6.42 Å². The molecular weight excluding hydrogens is 381 g/mol. The number of benzene rings is 1. The monoisotopic (exact) mass is 413 g/mol. The van der Waals surface area contributed by atoms with Crippen molar-refractivity contribution in [1.82, 2.24) is 25.5 Å². The standard InChI is InChI=1S/C22H32FN7/c1-18-17-20(23)6-5-19(18)7-11-26-21(24-2)25-10-4-12-29-13-15-30(16-14-29)22-27-8-3-9-28-22/h3,5-6,8-9,17H,4,7,10-16H2,1-2H3,(H2,24,25,26). The van der Waals surface area contributed by atoms with E-state index in [1.54, 1.807) is 25.5 Å². The van der Waals surface area contributed by atoms with E-state index in [-0.39, 0.29) is 5.82 Å². The molecular formula is C22H32FN7. The number of aromatic nitrogens is 2. The molecule has 8 heteroatoms. The summed E-state index contributed by atoms with van der Waals surface area (Å²) in [6, 6.07) is 6.79. The van der Waals surface area contributed by atoms with Crippen molar-refractivity contribution in [3.63, 3.8) is 0 Å². The first-order valence-corrected chi connectivity index (χ1v) is 10.6. The summed E-state index contributed by atoms with van der Waals surface area (Å²) in [6.07, 6.45) is 5.48. The van der Waals surface area contributed by atoms with Gasteiger partial charge in [0.1, 0.15) is 5.82 Å². The highest BCUT2D eigenvalue weighted by Gasteiger charge is 2.18. The van der Waals surface area contributed by atoms with Crippen LogP contribution in [0.5, 0.6) is 0 Å². The van der Waals surface area contributed by atoms with Gasteiger partial charge in [-0.3, -0.25) is 9.89 Å². The number of halogens is 1. The van der Waals surface area contributed by atoms with Crippen LogP contribution in [-0.4, -0.2) is 73.7 Å². The second-order valence-electron chi connectivity index (χ2n) is 7.48. The summed E-state index contributed by atoms with van der Waals surface area (Å²) in [7, 11) is 1.78. The van der Waals surface area contributed by atoms with Gasteiger partial charge in [-0.2, -0.15) is 0 Å². The number of aliphatic imine (C=N–C) groups is 1. The predicted octanol–water partition coefficient (Wildman–Crippen LogP) is 1.84.